The summed E-state index contributed by atoms with van der Waals surface area (Å²) in [5.41, 5.74) is 1.46. The third-order valence-corrected chi connectivity index (χ3v) is 20.0. The second-order valence-corrected chi connectivity index (χ2v) is 29.0. The molecule has 0 aliphatic carbocycles. The predicted octanol–water partition coefficient (Wildman–Crippen LogP) is 6.07. The van der Waals surface area contributed by atoms with Crippen molar-refractivity contribution < 1.29 is 72.4 Å². The van der Waals surface area contributed by atoms with Gasteiger partial charge in [0.2, 0.25) is 35.4 Å². The van der Waals surface area contributed by atoms with Gasteiger partial charge >= 0.3 is 11.9 Å². The van der Waals surface area contributed by atoms with Crippen molar-refractivity contribution in [3.8, 4) is 5.75 Å². The highest BCUT2D eigenvalue weighted by molar-refractivity contribution is 5.99. The van der Waals surface area contributed by atoms with E-state index in [1.807, 2.05) is 92.7 Å². The van der Waals surface area contributed by atoms with Gasteiger partial charge in [-0.2, -0.15) is 0 Å². The highest BCUT2D eigenvalue weighted by Gasteiger charge is 2.48. The van der Waals surface area contributed by atoms with Crippen LogP contribution in [0, 0.1) is 23.2 Å². The molecular weight excluding hydrogens is 1330 g/mol. The number of ether oxygens (including phenoxy) is 2. The van der Waals surface area contributed by atoms with Crippen LogP contribution in [-0.2, 0) is 78.4 Å². The van der Waals surface area contributed by atoms with Gasteiger partial charge in [0.15, 0.2) is 5.78 Å². The van der Waals surface area contributed by atoms with Crippen LogP contribution in [0.25, 0.3) is 21.5 Å². The van der Waals surface area contributed by atoms with Crippen LogP contribution in [0.15, 0.2) is 146 Å². The second-order valence-electron chi connectivity index (χ2n) is 29.0. The number of nitrogens with zero attached hydrogens (tertiary/aromatic N) is 2. The molecule has 24 nitrogen and oxygen atoms in total. The Hall–Kier alpha value is -10.2. The number of aliphatic carboxylic acids is 2. The number of amides is 7. The fourth-order valence-electron chi connectivity index (χ4n) is 13.5. The Balaban J connectivity index is 1.05. The topological polar surface area (TPSA) is 337 Å². The molecule has 8 bridgehead atoms. The Labute approximate surface area is 606 Å². The maximum atomic E-state index is 15.2. The Bertz CT molecular complexity index is 4150. The van der Waals surface area contributed by atoms with Gasteiger partial charge in [-0.3, -0.25) is 47.9 Å². The Morgan fingerprint density at radius 1 is 0.577 bits per heavy atom. The fourth-order valence-corrected chi connectivity index (χ4v) is 13.5. The average molecular weight is 1420 g/mol. The number of ketones is 2. The molecule has 2 fully saturated rings. The summed E-state index contributed by atoms with van der Waals surface area (Å²) in [4.78, 5) is 160. The zero-order chi connectivity index (χ0) is 75.1. The summed E-state index contributed by atoms with van der Waals surface area (Å²) >= 11 is 0. The molecule has 552 valence electrons. The summed E-state index contributed by atoms with van der Waals surface area (Å²) in [5, 5.41) is 45.1. The SMILES string of the molecule is CN[C@@H](C)C(=O)C[C@H](C(=O)N1C[C@@H]2C[C@H]1C(=O)N[C@@H](Cc1ccc3ccccc3c1)C(=O)C[C@H](C(=O)O)Cc1ccc(cc1)C(=O)N[C@H]1C[C@@H](C(=O)N[C@@H](Cc3ccc4ccccc4c3)C(=O)N[C@H](C(=O)O)Cc3ccc(cc3)OC/C=C/CO2)N(C(=O)[C@@H](NC(=O)[C@H](C)NC)C(C)(C)C)C1)C(C)C. The molecule has 24 heteroatoms. The van der Waals surface area contributed by atoms with Crippen molar-refractivity contribution in [2.75, 3.05) is 40.4 Å². The van der Waals surface area contributed by atoms with E-state index >= 15 is 14.4 Å². The molecule has 104 heavy (non-hydrogen) atoms. The normalized spacial score (nSPS) is 22.8. The molecule has 6 heterocycles. The number of benzene rings is 6. The summed E-state index contributed by atoms with van der Waals surface area (Å²) < 4.78 is 12.3. The summed E-state index contributed by atoms with van der Waals surface area (Å²) in [7, 11) is 3.24. The third-order valence-electron chi connectivity index (χ3n) is 20.0. The standard InChI is InChI=1S/C80H97N9O15/c1-46(2)62(43-68(90)47(3)81-8)76(97)89-45-61-42-67(89)75(96)84-63(38-51-22-26-53-16-10-12-18-56(53)35-51)69(91)40-58(78(99)100)34-49-20-28-55(29-21-49)72(93)83-59-41-66(88(44-59)77(98)70(80(5,6)7)87-71(92)48(4)82-9)74(95)85-64(39-52-23-27-54-17-11-13-19-57(54)36-52)73(94)86-65(79(101)102)37-50-24-30-60(31-25-50)103-32-14-15-33-104-61/h10-31,35-36,46-48,58-59,61-67,70,81-82H,32-34,37-45H2,1-9H3,(H,83,93)(H,84,96)(H,85,95)(H,86,94)(H,87,92)(H,99,100)(H,101,102)/b15-14+/t47-,48-,58+,59-,61-,62-,63-,64-,65-,66-,67-,70+/m0/s1. The first-order chi connectivity index (χ1) is 49.6. The molecule has 6 aromatic carbocycles. The van der Waals surface area contributed by atoms with E-state index in [0.717, 1.165) is 21.5 Å². The van der Waals surface area contributed by atoms with E-state index in [9.17, 15) is 48.6 Å². The monoisotopic (exact) mass is 1420 g/mol. The minimum Gasteiger partial charge on any atom is -0.490 e. The lowest BCUT2D eigenvalue weighted by molar-refractivity contribution is -0.145. The van der Waals surface area contributed by atoms with Crippen molar-refractivity contribution in [3.63, 3.8) is 0 Å². The van der Waals surface area contributed by atoms with Crippen LogP contribution in [0.4, 0.5) is 0 Å². The maximum absolute atomic E-state index is 15.2. The Morgan fingerprint density at radius 3 is 1.70 bits per heavy atom. The first-order valence-electron chi connectivity index (χ1n) is 35.6. The molecule has 0 aromatic heterocycles. The van der Waals surface area contributed by atoms with Gasteiger partial charge in [-0.25, -0.2) is 4.79 Å². The Morgan fingerprint density at radius 2 is 1.12 bits per heavy atom. The quantitative estimate of drug-likeness (QED) is 0.0496. The third kappa shape index (κ3) is 20.4. The van der Waals surface area contributed by atoms with Crippen LogP contribution in [0.5, 0.6) is 5.75 Å². The lowest BCUT2D eigenvalue weighted by atomic mass is 9.85. The number of rotatable bonds is 16. The van der Waals surface area contributed by atoms with Crippen molar-refractivity contribution in [3.05, 3.63) is 173 Å². The molecule has 6 aliphatic rings. The van der Waals surface area contributed by atoms with Gasteiger partial charge in [0.05, 0.1) is 36.8 Å². The van der Waals surface area contributed by atoms with Crippen LogP contribution < -0.4 is 42.0 Å². The lowest BCUT2D eigenvalue weighted by Crippen LogP contribution is -2.61. The number of Topliss-reactive ketones (excluding diaryl/α,β-unsaturated/α-hetero) is 2. The zero-order valence-corrected chi connectivity index (χ0v) is 60.4. The highest BCUT2D eigenvalue weighted by Crippen LogP contribution is 2.31. The summed E-state index contributed by atoms with van der Waals surface area (Å²) in [6, 6.07) is 28.9. The molecular formula is C80H97N9O15. The number of hydrogen-bond donors (Lipinski definition) is 9. The minimum atomic E-state index is -1.50. The largest absolute Gasteiger partial charge is 0.490 e. The summed E-state index contributed by atoms with van der Waals surface area (Å²) in [6.45, 7) is 12.1. The van der Waals surface area contributed by atoms with E-state index in [2.05, 4.69) is 37.2 Å². The molecule has 0 unspecified atom stereocenters. The van der Waals surface area contributed by atoms with Crippen LogP contribution in [0.1, 0.15) is 107 Å². The number of hydrogen-bond acceptors (Lipinski definition) is 15. The van der Waals surface area contributed by atoms with Gasteiger partial charge in [-0.15, -0.1) is 0 Å². The number of carboxylic acid groups (broad SMARTS) is 2. The van der Waals surface area contributed by atoms with E-state index in [1.165, 1.54) is 21.9 Å². The van der Waals surface area contributed by atoms with Crippen molar-refractivity contribution in [1.29, 1.82) is 0 Å². The number of likely N-dealkylation sites (N-methyl/N-ethyl adjacent to an activating group) is 2. The maximum Gasteiger partial charge on any atom is 0.326 e. The average Bonchev–Trinajstić information content (AvgIpc) is 1.65. The predicted molar refractivity (Wildman–Crippen MR) is 392 cm³/mol. The number of nitrogens with one attached hydrogen (secondary N) is 7. The zero-order valence-electron chi connectivity index (χ0n) is 60.4. The molecule has 12 rings (SSSR count). The molecule has 0 radical (unpaired) electrons. The van der Waals surface area contributed by atoms with E-state index < -0.39 is 143 Å². The molecule has 2 saturated heterocycles. The first kappa shape index (κ1) is 78.0. The fraction of sp³-hybridized carbons (Fsp3) is 0.438. The van der Waals surface area contributed by atoms with E-state index in [0.29, 0.717) is 28.0 Å². The van der Waals surface area contributed by atoms with Crippen molar-refractivity contribution in [2.24, 2.45) is 23.2 Å². The smallest absolute Gasteiger partial charge is 0.326 e. The molecule has 0 saturated carbocycles. The molecule has 6 aromatic rings. The second kappa shape index (κ2) is 35.3. The van der Waals surface area contributed by atoms with Crippen LogP contribution >= 0.6 is 0 Å². The molecule has 7 amide bonds. The van der Waals surface area contributed by atoms with Crippen LogP contribution in [0.3, 0.4) is 0 Å². The number of likely N-dealkylation sites (tertiary alicyclic amines) is 2. The summed E-state index contributed by atoms with van der Waals surface area (Å²) in [6.07, 6.45) is 1.46. The van der Waals surface area contributed by atoms with E-state index in [-0.39, 0.29) is 88.5 Å². The molecule has 12 atom stereocenters. The number of carbonyl (C=O) groups excluding carboxylic acids is 9. The van der Waals surface area contributed by atoms with Gasteiger partial charge in [-0.05, 0) is 133 Å². The van der Waals surface area contributed by atoms with Gasteiger partial charge in [0.25, 0.3) is 5.91 Å². The highest BCUT2D eigenvalue weighted by atomic mass is 16.5. The number of fused-ring (bicyclic) bond motifs is 2. The van der Waals surface area contributed by atoms with Gasteiger partial charge in [-0.1, -0.05) is 150 Å². The minimum absolute atomic E-state index is 0.0203. The molecule has 0 spiro atoms. The van der Waals surface area contributed by atoms with E-state index in [4.69, 9.17) is 9.47 Å². The van der Waals surface area contributed by atoms with Crippen molar-refractivity contribution in [1.82, 2.24) is 47.0 Å². The van der Waals surface area contributed by atoms with E-state index in [1.54, 1.807) is 103 Å². The molecule has 9 N–H and O–H groups in total. The lowest BCUT2D eigenvalue weighted by Gasteiger charge is -2.36. The van der Waals surface area contributed by atoms with Gasteiger partial charge < -0.3 is 66.7 Å². The number of carboxylic acids is 2. The van der Waals surface area contributed by atoms with Crippen LogP contribution in [-0.4, -0.2) is 186 Å². The van der Waals surface area contributed by atoms with Crippen molar-refractivity contribution >= 4 is 86.4 Å². The van der Waals surface area contributed by atoms with Gasteiger partial charge in [0.1, 0.15) is 48.3 Å². The summed E-state index contributed by atoms with van der Waals surface area (Å²) in [5.74, 6) is -9.98. The number of carbonyl (C=O) groups is 11. The Kier molecular flexibility index (Phi) is 26.5. The van der Waals surface area contributed by atoms with Gasteiger partial charge in [0, 0.05) is 62.7 Å². The van der Waals surface area contributed by atoms with Crippen molar-refractivity contribution in [2.45, 2.75) is 160 Å². The van der Waals surface area contributed by atoms with Crippen LogP contribution in [0.2, 0.25) is 0 Å². The molecule has 6 aliphatic heterocycles. The first-order valence-corrected chi connectivity index (χ1v) is 35.6.